The van der Waals surface area contributed by atoms with Crippen LogP contribution in [-0.4, -0.2) is 42.9 Å². The highest BCUT2D eigenvalue weighted by Crippen LogP contribution is 2.32. The van der Waals surface area contributed by atoms with Crippen molar-refractivity contribution in [2.75, 3.05) is 33.0 Å². The summed E-state index contributed by atoms with van der Waals surface area (Å²) in [6.45, 7) is 4.30. The lowest BCUT2D eigenvalue weighted by molar-refractivity contribution is 0.129. The lowest BCUT2D eigenvalue weighted by atomic mass is 10.2. The van der Waals surface area contributed by atoms with Crippen molar-refractivity contribution in [3.63, 3.8) is 0 Å². The van der Waals surface area contributed by atoms with Crippen LogP contribution in [-0.2, 0) is 6.54 Å². The highest BCUT2D eigenvalue weighted by Gasteiger charge is 2.18. The van der Waals surface area contributed by atoms with Crippen molar-refractivity contribution >= 4 is 0 Å². The van der Waals surface area contributed by atoms with Crippen molar-refractivity contribution in [1.82, 2.24) is 9.91 Å². The minimum absolute atomic E-state index is 0.308. The maximum Gasteiger partial charge on any atom is 0.231 e. The van der Waals surface area contributed by atoms with Gasteiger partial charge in [0.2, 0.25) is 6.79 Å². The topological polar surface area (TPSA) is 54.4 Å². The average molecular weight is 249 g/mol. The molecular formula is C12H15N3O3. The van der Waals surface area contributed by atoms with Crippen LogP contribution in [0.15, 0.2) is 23.5 Å². The summed E-state index contributed by atoms with van der Waals surface area (Å²) in [4.78, 5) is 12.7. The van der Waals surface area contributed by atoms with Crippen LogP contribution in [0, 0.1) is 4.91 Å². The fourth-order valence-corrected chi connectivity index (χ4v) is 2.27. The molecule has 2 aliphatic heterocycles. The monoisotopic (exact) mass is 249 g/mol. The lowest BCUT2D eigenvalue weighted by Crippen LogP contribution is -2.43. The summed E-state index contributed by atoms with van der Waals surface area (Å²) in [5.74, 6) is 1.63. The first-order chi connectivity index (χ1) is 8.85. The minimum Gasteiger partial charge on any atom is -0.454 e. The number of hydrogen-bond acceptors (Lipinski definition) is 5. The molecule has 0 amide bonds. The zero-order valence-corrected chi connectivity index (χ0v) is 10.0. The molecule has 0 radical (unpaired) electrons. The van der Waals surface area contributed by atoms with E-state index in [4.69, 9.17) is 9.47 Å². The molecule has 2 aliphatic rings. The van der Waals surface area contributed by atoms with Gasteiger partial charge in [-0.3, -0.25) is 9.91 Å². The Morgan fingerprint density at radius 1 is 1.11 bits per heavy atom. The minimum atomic E-state index is 0.308. The van der Waals surface area contributed by atoms with Crippen LogP contribution < -0.4 is 9.47 Å². The number of ether oxygens (including phenoxy) is 2. The van der Waals surface area contributed by atoms with Crippen molar-refractivity contribution in [3.8, 4) is 11.5 Å². The number of piperazine rings is 1. The largest absolute Gasteiger partial charge is 0.454 e. The Balaban J connectivity index is 1.61. The highest BCUT2D eigenvalue weighted by molar-refractivity contribution is 5.44. The van der Waals surface area contributed by atoms with E-state index in [-0.39, 0.29) is 0 Å². The average Bonchev–Trinajstić information content (AvgIpc) is 2.87. The van der Waals surface area contributed by atoms with E-state index >= 15 is 0 Å². The first-order valence-corrected chi connectivity index (χ1v) is 6.04. The lowest BCUT2D eigenvalue weighted by Gasteiger charge is -2.31. The van der Waals surface area contributed by atoms with Crippen molar-refractivity contribution in [3.05, 3.63) is 28.7 Å². The van der Waals surface area contributed by atoms with Gasteiger partial charge in [-0.15, -0.1) is 4.91 Å². The highest BCUT2D eigenvalue weighted by atomic mass is 16.7. The molecule has 18 heavy (non-hydrogen) atoms. The third-order valence-corrected chi connectivity index (χ3v) is 3.31. The molecule has 0 aliphatic carbocycles. The molecule has 2 heterocycles. The Bertz CT molecular complexity index is 444. The van der Waals surface area contributed by atoms with Crippen LogP contribution in [0.3, 0.4) is 0 Å². The van der Waals surface area contributed by atoms with Gasteiger partial charge in [-0.05, 0) is 17.7 Å². The second-order valence-electron chi connectivity index (χ2n) is 4.50. The summed E-state index contributed by atoms with van der Waals surface area (Å²) in [6.07, 6.45) is 0. The molecule has 96 valence electrons. The molecule has 1 aromatic carbocycles. The number of benzene rings is 1. The Labute approximate surface area is 105 Å². The second-order valence-corrected chi connectivity index (χ2v) is 4.50. The summed E-state index contributed by atoms with van der Waals surface area (Å²) in [6, 6.07) is 6.02. The predicted octanol–water partition coefficient (Wildman–Crippen LogP) is 1.21. The van der Waals surface area contributed by atoms with Gasteiger partial charge >= 0.3 is 0 Å². The number of nitroso groups, excluding NO2 is 1. The Kier molecular flexibility index (Phi) is 3.02. The predicted molar refractivity (Wildman–Crippen MR) is 65.2 cm³/mol. The van der Waals surface area contributed by atoms with Gasteiger partial charge in [-0.25, -0.2) is 0 Å². The summed E-state index contributed by atoms with van der Waals surface area (Å²) in [7, 11) is 0. The van der Waals surface area contributed by atoms with Gasteiger partial charge in [0.25, 0.3) is 0 Å². The van der Waals surface area contributed by atoms with Gasteiger partial charge in [0.1, 0.15) is 0 Å². The smallest absolute Gasteiger partial charge is 0.231 e. The van der Waals surface area contributed by atoms with E-state index in [0.717, 1.165) is 31.1 Å². The Hall–Kier alpha value is -1.82. The third kappa shape index (κ3) is 2.24. The molecule has 0 unspecified atom stereocenters. The van der Waals surface area contributed by atoms with Crippen LogP contribution in [0.25, 0.3) is 0 Å². The maximum atomic E-state index is 10.4. The summed E-state index contributed by atoms with van der Waals surface area (Å²) < 4.78 is 10.6. The quantitative estimate of drug-likeness (QED) is 0.754. The zero-order chi connectivity index (χ0) is 12.4. The van der Waals surface area contributed by atoms with Gasteiger partial charge in [0, 0.05) is 19.6 Å². The number of rotatable bonds is 3. The molecule has 0 saturated carbocycles. The fourth-order valence-electron chi connectivity index (χ4n) is 2.27. The van der Waals surface area contributed by atoms with E-state index in [0.29, 0.717) is 19.9 Å². The molecule has 6 nitrogen and oxygen atoms in total. The van der Waals surface area contributed by atoms with Gasteiger partial charge < -0.3 is 9.47 Å². The molecule has 0 N–H and O–H groups in total. The molecule has 0 atom stereocenters. The van der Waals surface area contributed by atoms with Gasteiger partial charge in [-0.2, -0.15) is 0 Å². The van der Waals surface area contributed by atoms with Crippen molar-refractivity contribution in [2.24, 2.45) is 5.29 Å². The van der Waals surface area contributed by atoms with Crippen molar-refractivity contribution < 1.29 is 9.47 Å². The van der Waals surface area contributed by atoms with E-state index in [1.165, 1.54) is 5.56 Å². The van der Waals surface area contributed by atoms with Crippen LogP contribution in [0.4, 0.5) is 0 Å². The van der Waals surface area contributed by atoms with E-state index in [9.17, 15) is 4.91 Å². The Morgan fingerprint density at radius 2 is 1.89 bits per heavy atom. The third-order valence-electron chi connectivity index (χ3n) is 3.31. The molecule has 0 spiro atoms. The summed E-state index contributed by atoms with van der Waals surface area (Å²) in [5, 5.41) is 4.52. The summed E-state index contributed by atoms with van der Waals surface area (Å²) >= 11 is 0. The van der Waals surface area contributed by atoms with Crippen molar-refractivity contribution in [2.45, 2.75) is 6.54 Å². The molecule has 0 bridgehead atoms. The first-order valence-electron chi connectivity index (χ1n) is 6.04. The number of hydrogen-bond donors (Lipinski definition) is 0. The van der Waals surface area contributed by atoms with Gasteiger partial charge in [0.05, 0.1) is 18.4 Å². The standard InChI is InChI=1S/C12H15N3O3/c16-13-15-5-3-14(4-6-15)8-10-1-2-11-12(7-10)18-9-17-11/h1-2,7H,3-6,8-9H2. The van der Waals surface area contributed by atoms with Crippen LogP contribution in [0.1, 0.15) is 5.56 Å². The second kappa shape index (κ2) is 4.81. The zero-order valence-electron chi connectivity index (χ0n) is 10.0. The van der Waals surface area contributed by atoms with E-state index in [2.05, 4.69) is 16.3 Å². The molecule has 1 fully saturated rings. The fraction of sp³-hybridized carbons (Fsp3) is 0.500. The van der Waals surface area contributed by atoms with Gasteiger partial charge in [0.15, 0.2) is 11.5 Å². The molecule has 3 rings (SSSR count). The maximum absolute atomic E-state index is 10.4. The van der Waals surface area contributed by atoms with E-state index in [1.54, 1.807) is 5.01 Å². The van der Waals surface area contributed by atoms with E-state index < -0.39 is 0 Å². The van der Waals surface area contributed by atoms with Gasteiger partial charge in [-0.1, -0.05) is 6.07 Å². The molecule has 6 heteroatoms. The van der Waals surface area contributed by atoms with E-state index in [1.807, 2.05) is 12.1 Å². The van der Waals surface area contributed by atoms with Crippen LogP contribution in [0.5, 0.6) is 11.5 Å². The number of nitrogens with zero attached hydrogens (tertiary/aromatic N) is 3. The molecular weight excluding hydrogens is 234 g/mol. The normalized spacial score (nSPS) is 19.0. The Morgan fingerprint density at radius 3 is 2.67 bits per heavy atom. The van der Waals surface area contributed by atoms with Crippen LogP contribution >= 0.6 is 0 Å². The first kappa shape index (κ1) is 11.3. The molecule has 1 aromatic rings. The summed E-state index contributed by atoms with van der Waals surface area (Å²) in [5.41, 5.74) is 1.20. The van der Waals surface area contributed by atoms with Crippen LogP contribution in [0.2, 0.25) is 0 Å². The SMILES string of the molecule is O=NN1CCN(Cc2ccc3c(c2)OCO3)CC1. The molecule has 0 aromatic heterocycles. The molecule has 1 saturated heterocycles. The number of fused-ring (bicyclic) bond motifs is 1. The van der Waals surface area contributed by atoms with Crippen molar-refractivity contribution in [1.29, 1.82) is 0 Å².